The van der Waals surface area contributed by atoms with E-state index in [1.807, 2.05) is 0 Å². The van der Waals surface area contributed by atoms with Gasteiger partial charge in [-0.15, -0.1) is 0 Å². The minimum absolute atomic E-state index is 0.165. The number of anilines is 2. The van der Waals surface area contributed by atoms with Crippen molar-refractivity contribution in [3.8, 4) is 17.2 Å². The second-order valence-corrected chi connectivity index (χ2v) is 7.88. The summed E-state index contributed by atoms with van der Waals surface area (Å²) in [7, 11) is 4.60. The molecule has 3 rings (SSSR count). The van der Waals surface area contributed by atoms with Gasteiger partial charge in [0.1, 0.15) is 0 Å². The van der Waals surface area contributed by atoms with Gasteiger partial charge in [0, 0.05) is 12.6 Å². The summed E-state index contributed by atoms with van der Waals surface area (Å²) in [6.45, 7) is 1.43. The number of carbonyl (C=O) groups is 2. The fourth-order valence-electron chi connectivity index (χ4n) is 2.92. The first kappa shape index (κ1) is 21.7. The van der Waals surface area contributed by atoms with Gasteiger partial charge in [0.2, 0.25) is 11.7 Å². The van der Waals surface area contributed by atoms with Crippen LogP contribution in [-0.2, 0) is 9.59 Å². The van der Waals surface area contributed by atoms with E-state index in [2.05, 4.69) is 5.32 Å². The van der Waals surface area contributed by atoms with Crippen molar-refractivity contribution >= 4 is 57.6 Å². The molecule has 1 N–H and O–H groups in total. The van der Waals surface area contributed by atoms with Gasteiger partial charge in [-0.05, 0) is 48.0 Å². The summed E-state index contributed by atoms with van der Waals surface area (Å²) in [6, 6.07) is 10.4. The Morgan fingerprint density at radius 2 is 1.67 bits per heavy atom. The number of nitrogens with one attached hydrogen (secondary N) is 1. The van der Waals surface area contributed by atoms with Crippen molar-refractivity contribution in [2.45, 2.75) is 6.92 Å². The molecule has 1 saturated heterocycles. The van der Waals surface area contributed by atoms with Crippen molar-refractivity contribution in [1.29, 1.82) is 0 Å². The zero-order chi connectivity index (χ0) is 21.8. The van der Waals surface area contributed by atoms with Gasteiger partial charge in [-0.3, -0.25) is 14.5 Å². The predicted octanol–water partition coefficient (Wildman–Crippen LogP) is 4.08. The highest BCUT2D eigenvalue weighted by Gasteiger charge is 2.33. The highest BCUT2D eigenvalue weighted by atomic mass is 32.2. The smallest absolute Gasteiger partial charge is 0.270 e. The lowest BCUT2D eigenvalue weighted by molar-refractivity contribution is -0.114. The number of hydrogen-bond acceptors (Lipinski definition) is 7. The lowest BCUT2D eigenvalue weighted by Crippen LogP contribution is -2.27. The monoisotopic (exact) mass is 444 g/mol. The van der Waals surface area contributed by atoms with Gasteiger partial charge < -0.3 is 19.5 Å². The normalized spacial score (nSPS) is 14.8. The van der Waals surface area contributed by atoms with Crippen molar-refractivity contribution < 1.29 is 23.8 Å². The van der Waals surface area contributed by atoms with E-state index < -0.39 is 0 Å². The summed E-state index contributed by atoms with van der Waals surface area (Å²) < 4.78 is 16.5. The summed E-state index contributed by atoms with van der Waals surface area (Å²) in [6.07, 6.45) is 1.73. The molecule has 2 aromatic carbocycles. The van der Waals surface area contributed by atoms with Gasteiger partial charge in [0.25, 0.3) is 5.91 Å². The number of benzene rings is 2. The highest BCUT2D eigenvalue weighted by Crippen LogP contribution is 2.41. The first-order valence-electron chi connectivity index (χ1n) is 8.83. The Morgan fingerprint density at radius 3 is 2.17 bits per heavy atom. The van der Waals surface area contributed by atoms with Crippen molar-refractivity contribution in [3.63, 3.8) is 0 Å². The van der Waals surface area contributed by atoms with Crippen LogP contribution in [0.1, 0.15) is 12.5 Å². The van der Waals surface area contributed by atoms with Crippen LogP contribution in [0.15, 0.2) is 41.3 Å². The lowest BCUT2D eigenvalue weighted by Gasteiger charge is -2.15. The van der Waals surface area contributed by atoms with Crippen LogP contribution in [0.25, 0.3) is 6.08 Å². The third kappa shape index (κ3) is 4.42. The predicted molar refractivity (Wildman–Crippen MR) is 122 cm³/mol. The molecule has 7 nitrogen and oxygen atoms in total. The van der Waals surface area contributed by atoms with E-state index in [4.69, 9.17) is 26.4 Å². The number of methoxy groups -OCH3 is 3. The van der Waals surface area contributed by atoms with Crippen LogP contribution in [0.2, 0.25) is 0 Å². The molecule has 0 atom stereocenters. The number of carbonyl (C=O) groups excluding carboxylic acids is 2. The summed E-state index contributed by atoms with van der Waals surface area (Å²) in [5.74, 6) is 1.07. The molecule has 156 valence electrons. The van der Waals surface area contributed by atoms with E-state index in [0.29, 0.717) is 43.4 Å². The Kier molecular flexibility index (Phi) is 6.63. The molecule has 0 bridgehead atoms. The van der Waals surface area contributed by atoms with Crippen LogP contribution >= 0.6 is 24.0 Å². The summed E-state index contributed by atoms with van der Waals surface area (Å²) >= 11 is 6.63. The van der Waals surface area contributed by atoms with Gasteiger partial charge in [-0.25, -0.2) is 0 Å². The fourth-order valence-corrected chi connectivity index (χ4v) is 4.22. The Bertz CT molecular complexity index is 1010. The minimum atomic E-state index is -0.231. The number of ether oxygens (including phenoxy) is 3. The second kappa shape index (κ2) is 9.19. The molecule has 1 fully saturated rings. The van der Waals surface area contributed by atoms with Crippen molar-refractivity contribution in [2.24, 2.45) is 0 Å². The van der Waals surface area contributed by atoms with Crippen LogP contribution in [0, 0.1) is 0 Å². The van der Waals surface area contributed by atoms with Crippen LogP contribution in [0.3, 0.4) is 0 Å². The fraction of sp³-hybridized carbons (Fsp3) is 0.190. The third-order valence-corrected chi connectivity index (χ3v) is 5.53. The number of rotatable bonds is 6. The van der Waals surface area contributed by atoms with Crippen molar-refractivity contribution in [2.75, 3.05) is 31.5 Å². The second-order valence-electron chi connectivity index (χ2n) is 6.20. The molecule has 2 aromatic rings. The Morgan fingerprint density at radius 1 is 1.07 bits per heavy atom. The molecule has 0 spiro atoms. The van der Waals surface area contributed by atoms with E-state index in [1.54, 1.807) is 42.5 Å². The number of hydrogen-bond donors (Lipinski definition) is 1. The molecule has 30 heavy (non-hydrogen) atoms. The molecule has 1 aliphatic heterocycles. The van der Waals surface area contributed by atoms with Gasteiger partial charge in [-0.2, -0.15) is 0 Å². The molecule has 1 aliphatic rings. The molecule has 0 aliphatic carbocycles. The molecule has 9 heteroatoms. The van der Waals surface area contributed by atoms with E-state index in [0.717, 1.165) is 0 Å². The number of thiocarbonyl (C=S) groups is 1. The SMILES string of the molecule is COc1cc(C=C2SC(=S)N(c3ccc(NC(C)=O)cc3)C2=O)cc(OC)c1OC. The van der Waals surface area contributed by atoms with Gasteiger partial charge >= 0.3 is 0 Å². The maximum absolute atomic E-state index is 13.0. The van der Waals surface area contributed by atoms with Gasteiger partial charge in [0.15, 0.2) is 15.8 Å². The van der Waals surface area contributed by atoms with Crippen LogP contribution < -0.4 is 24.4 Å². The maximum Gasteiger partial charge on any atom is 0.270 e. The number of nitrogens with zero attached hydrogens (tertiary/aromatic N) is 1. The molecule has 0 unspecified atom stereocenters. The molecular formula is C21H20N2O5S2. The zero-order valence-corrected chi connectivity index (χ0v) is 18.5. The molecule has 2 amide bonds. The summed E-state index contributed by atoms with van der Waals surface area (Å²) in [5.41, 5.74) is 1.98. The average Bonchev–Trinajstić information content (AvgIpc) is 3.00. The van der Waals surface area contributed by atoms with Gasteiger partial charge in [0.05, 0.1) is 31.9 Å². The largest absolute Gasteiger partial charge is 0.493 e. The summed E-state index contributed by atoms with van der Waals surface area (Å²) in [5, 5.41) is 2.69. The van der Waals surface area contributed by atoms with Crippen LogP contribution in [0.5, 0.6) is 17.2 Å². The number of thioether (sulfide) groups is 1. The highest BCUT2D eigenvalue weighted by molar-refractivity contribution is 8.27. The van der Waals surface area contributed by atoms with E-state index in [9.17, 15) is 9.59 Å². The Balaban J connectivity index is 1.91. The quantitative estimate of drug-likeness (QED) is 0.531. The summed E-state index contributed by atoms with van der Waals surface area (Å²) in [4.78, 5) is 26.1. The molecule has 1 heterocycles. The maximum atomic E-state index is 13.0. The Hall–Kier alpha value is -3.04. The molecule has 0 saturated carbocycles. The first-order chi connectivity index (χ1) is 14.4. The van der Waals surface area contributed by atoms with E-state index >= 15 is 0 Å². The van der Waals surface area contributed by atoms with Crippen LogP contribution in [0.4, 0.5) is 11.4 Å². The standard InChI is InChI=1S/C21H20N2O5S2/c1-12(24)22-14-5-7-15(8-6-14)23-20(25)18(30-21(23)29)11-13-9-16(26-2)19(28-4)17(10-13)27-3/h5-11H,1-4H3,(H,22,24). The molecular weight excluding hydrogens is 424 g/mol. The average molecular weight is 445 g/mol. The minimum Gasteiger partial charge on any atom is -0.493 e. The Labute approximate surface area is 184 Å². The zero-order valence-electron chi connectivity index (χ0n) is 16.8. The van der Waals surface area contributed by atoms with E-state index in [1.165, 1.54) is 44.9 Å². The lowest BCUT2D eigenvalue weighted by atomic mass is 10.1. The van der Waals surface area contributed by atoms with E-state index in [-0.39, 0.29) is 11.8 Å². The van der Waals surface area contributed by atoms with Crippen LogP contribution in [-0.4, -0.2) is 37.5 Å². The van der Waals surface area contributed by atoms with Crippen molar-refractivity contribution in [3.05, 3.63) is 46.9 Å². The topological polar surface area (TPSA) is 77.1 Å². The van der Waals surface area contributed by atoms with Crippen molar-refractivity contribution in [1.82, 2.24) is 0 Å². The third-order valence-electron chi connectivity index (χ3n) is 4.22. The molecule has 0 aromatic heterocycles. The first-order valence-corrected chi connectivity index (χ1v) is 10.1. The number of amides is 2. The van der Waals surface area contributed by atoms with Gasteiger partial charge in [-0.1, -0.05) is 24.0 Å². The molecule has 0 radical (unpaired) electrons.